The fourth-order valence-corrected chi connectivity index (χ4v) is 3.44. The second-order valence-corrected chi connectivity index (χ2v) is 6.37. The minimum Gasteiger partial charge on any atom is -0.462 e. The minimum atomic E-state index is -0.390. The summed E-state index contributed by atoms with van der Waals surface area (Å²) in [5.41, 5.74) is 6.18. The highest BCUT2D eigenvalue weighted by atomic mass is 32.1. The molecule has 1 aliphatic carbocycles. The van der Waals surface area contributed by atoms with Gasteiger partial charge < -0.3 is 15.8 Å². The van der Waals surface area contributed by atoms with Gasteiger partial charge in [-0.2, -0.15) is 4.37 Å². The van der Waals surface area contributed by atoms with Crippen LogP contribution >= 0.6 is 11.5 Å². The Labute approximate surface area is 124 Å². The second-order valence-electron chi connectivity index (χ2n) is 5.60. The van der Waals surface area contributed by atoms with Gasteiger partial charge in [0.2, 0.25) is 0 Å². The van der Waals surface area contributed by atoms with Gasteiger partial charge in [0.05, 0.1) is 6.61 Å². The Morgan fingerprint density at radius 2 is 2.20 bits per heavy atom. The van der Waals surface area contributed by atoms with Gasteiger partial charge in [0.25, 0.3) is 0 Å². The van der Waals surface area contributed by atoms with E-state index in [-0.39, 0.29) is 5.82 Å². The predicted molar refractivity (Wildman–Crippen MR) is 82.1 cm³/mol. The van der Waals surface area contributed by atoms with Gasteiger partial charge in [-0.25, -0.2) is 4.79 Å². The molecule has 1 aliphatic rings. The molecule has 0 amide bonds. The third-order valence-electron chi connectivity index (χ3n) is 4.13. The summed E-state index contributed by atoms with van der Waals surface area (Å²) in [6.45, 7) is 6.71. The molecular weight excluding hydrogens is 274 g/mol. The zero-order valence-electron chi connectivity index (χ0n) is 12.3. The molecule has 1 aromatic rings. The molecule has 6 heteroatoms. The summed E-state index contributed by atoms with van der Waals surface area (Å²) in [6, 6.07) is 0.384. The van der Waals surface area contributed by atoms with E-state index < -0.39 is 5.97 Å². The van der Waals surface area contributed by atoms with E-state index in [2.05, 4.69) is 23.5 Å². The van der Waals surface area contributed by atoms with Gasteiger partial charge in [0.15, 0.2) is 5.82 Å². The van der Waals surface area contributed by atoms with Crippen molar-refractivity contribution in [1.29, 1.82) is 0 Å². The molecule has 0 bridgehead atoms. The molecule has 0 aromatic carbocycles. The van der Waals surface area contributed by atoms with Crippen LogP contribution in [-0.4, -0.2) is 23.0 Å². The predicted octanol–water partition coefficient (Wildman–Crippen LogP) is 3.14. The molecule has 3 atom stereocenters. The fraction of sp³-hybridized carbons (Fsp3) is 0.714. The van der Waals surface area contributed by atoms with E-state index in [1.54, 1.807) is 6.92 Å². The van der Waals surface area contributed by atoms with Crippen LogP contribution in [0.5, 0.6) is 0 Å². The van der Waals surface area contributed by atoms with E-state index in [0.29, 0.717) is 24.1 Å². The van der Waals surface area contributed by atoms with Crippen LogP contribution in [0.3, 0.4) is 0 Å². The third kappa shape index (κ3) is 3.23. The van der Waals surface area contributed by atoms with Gasteiger partial charge in [-0.05, 0) is 49.6 Å². The number of anilines is 2. The monoisotopic (exact) mass is 297 g/mol. The molecule has 3 N–H and O–H groups in total. The van der Waals surface area contributed by atoms with Crippen molar-refractivity contribution >= 4 is 28.3 Å². The van der Waals surface area contributed by atoms with Crippen molar-refractivity contribution < 1.29 is 9.53 Å². The molecule has 0 aliphatic heterocycles. The molecule has 20 heavy (non-hydrogen) atoms. The van der Waals surface area contributed by atoms with E-state index in [1.807, 2.05) is 0 Å². The Morgan fingerprint density at radius 1 is 1.45 bits per heavy atom. The van der Waals surface area contributed by atoms with Crippen LogP contribution in [-0.2, 0) is 4.74 Å². The normalized spacial score (nSPS) is 26.2. The maximum atomic E-state index is 11.9. The van der Waals surface area contributed by atoms with Crippen LogP contribution in [0.1, 0.15) is 50.4 Å². The zero-order chi connectivity index (χ0) is 14.7. The van der Waals surface area contributed by atoms with Gasteiger partial charge in [0.1, 0.15) is 10.6 Å². The number of hydrogen-bond acceptors (Lipinski definition) is 6. The number of nitrogens with zero attached hydrogens (tertiary/aromatic N) is 1. The van der Waals surface area contributed by atoms with Crippen LogP contribution < -0.4 is 11.1 Å². The van der Waals surface area contributed by atoms with E-state index in [0.717, 1.165) is 23.8 Å². The third-order valence-corrected chi connectivity index (χ3v) is 4.92. The fourth-order valence-electron chi connectivity index (χ4n) is 2.67. The lowest BCUT2D eigenvalue weighted by molar-refractivity contribution is 0.0529. The Kier molecular flexibility index (Phi) is 4.86. The van der Waals surface area contributed by atoms with Crippen molar-refractivity contribution in [3.05, 3.63) is 5.56 Å². The van der Waals surface area contributed by atoms with Gasteiger partial charge in [-0.1, -0.05) is 13.8 Å². The number of esters is 1. The lowest BCUT2D eigenvalue weighted by atomic mass is 9.79. The highest BCUT2D eigenvalue weighted by molar-refractivity contribution is 7.11. The number of rotatable bonds is 4. The summed E-state index contributed by atoms with van der Waals surface area (Å²) in [4.78, 5) is 11.9. The molecule has 3 unspecified atom stereocenters. The van der Waals surface area contributed by atoms with Crippen molar-refractivity contribution in [2.24, 2.45) is 11.8 Å². The summed E-state index contributed by atoms with van der Waals surface area (Å²) < 4.78 is 9.12. The number of carbonyl (C=O) groups excluding carboxylic acids is 1. The number of nitrogens with two attached hydrogens (primary N) is 1. The molecule has 1 fully saturated rings. The molecule has 0 radical (unpaired) electrons. The summed E-state index contributed by atoms with van der Waals surface area (Å²) in [7, 11) is 0. The average Bonchev–Trinajstić information content (AvgIpc) is 2.75. The second kappa shape index (κ2) is 6.43. The van der Waals surface area contributed by atoms with Crippen LogP contribution in [0.25, 0.3) is 0 Å². The molecule has 0 saturated heterocycles. The first-order chi connectivity index (χ1) is 9.52. The lowest BCUT2D eigenvalue weighted by Gasteiger charge is -2.32. The average molecular weight is 297 g/mol. The number of nitrogens with one attached hydrogen (secondary N) is 1. The molecule has 5 nitrogen and oxygen atoms in total. The number of ether oxygens (including phenoxy) is 1. The van der Waals surface area contributed by atoms with Crippen LogP contribution in [0.15, 0.2) is 0 Å². The summed E-state index contributed by atoms with van der Waals surface area (Å²) >= 11 is 1.24. The number of aromatic nitrogens is 1. The highest BCUT2D eigenvalue weighted by Gasteiger charge is 2.27. The van der Waals surface area contributed by atoms with Crippen LogP contribution in [0.4, 0.5) is 10.8 Å². The first-order valence-corrected chi connectivity index (χ1v) is 7.99. The van der Waals surface area contributed by atoms with Gasteiger partial charge >= 0.3 is 5.97 Å². The largest absolute Gasteiger partial charge is 0.462 e. The topological polar surface area (TPSA) is 77.2 Å². The molecule has 112 valence electrons. The Hall–Kier alpha value is -1.30. The van der Waals surface area contributed by atoms with Crippen molar-refractivity contribution in [2.75, 3.05) is 17.7 Å². The SMILES string of the molecule is CCOC(=O)c1c(N)nsc1NC1CCC(C)C(C)C1. The molecule has 0 spiro atoms. The van der Waals surface area contributed by atoms with E-state index in [1.165, 1.54) is 18.0 Å². The Balaban J connectivity index is 2.08. The molecule has 1 saturated carbocycles. The van der Waals surface area contributed by atoms with Crippen molar-refractivity contribution in [3.8, 4) is 0 Å². The van der Waals surface area contributed by atoms with E-state index in [9.17, 15) is 4.79 Å². The van der Waals surface area contributed by atoms with E-state index >= 15 is 0 Å². The summed E-state index contributed by atoms with van der Waals surface area (Å²) in [5, 5.41) is 4.18. The highest BCUT2D eigenvalue weighted by Crippen LogP contribution is 2.34. The van der Waals surface area contributed by atoms with Gasteiger partial charge in [-0.15, -0.1) is 0 Å². The molecule has 2 rings (SSSR count). The first kappa shape index (κ1) is 15.1. The van der Waals surface area contributed by atoms with Gasteiger partial charge in [-0.3, -0.25) is 0 Å². The van der Waals surface area contributed by atoms with Crippen molar-refractivity contribution in [1.82, 2.24) is 4.37 Å². The summed E-state index contributed by atoms with van der Waals surface area (Å²) in [5.74, 6) is 1.33. The Morgan fingerprint density at radius 3 is 2.85 bits per heavy atom. The number of carbonyl (C=O) groups is 1. The van der Waals surface area contributed by atoms with Crippen LogP contribution in [0.2, 0.25) is 0 Å². The van der Waals surface area contributed by atoms with Crippen molar-refractivity contribution in [2.45, 2.75) is 46.1 Å². The smallest absolute Gasteiger partial charge is 0.344 e. The van der Waals surface area contributed by atoms with E-state index in [4.69, 9.17) is 10.5 Å². The quantitative estimate of drug-likeness (QED) is 0.835. The standard InChI is InChI=1S/C14H23N3O2S/c1-4-19-14(18)11-12(15)17-20-13(11)16-10-6-5-8(2)9(3)7-10/h8-10,16H,4-7H2,1-3H3,(H2,15,17). The van der Waals surface area contributed by atoms with Gasteiger partial charge in [0, 0.05) is 6.04 Å². The van der Waals surface area contributed by atoms with Crippen LogP contribution in [0, 0.1) is 11.8 Å². The minimum absolute atomic E-state index is 0.258. The first-order valence-electron chi connectivity index (χ1n) is 7.21. The number of nitrogen functional groups attached to an aromatic ring is 1. The van der Waals surface area contributed by atoms with Crippen molar-refractivity contribution in [3.63, 3.8) is 0 Å². The Bertz CT molecular complexity index is 475. The molecule has 1 heterocycles. The molecular formula is C14H23N3O2S. The lowest BCUT2D eigenvalue weighted by Crippen LogP contribution is -2.30. The zero-order valence-corrected chi connectivity index (χ0v) is 13.1. The maximum Gasteiger partial charge on any atom is 0.344 e. The maximum absolute atomic E-state index is 11.9. The summed E-state index contributed by atoms with van der Waals surface area (Å²) in [6.07, 6.45) is 3.44. The number of hydrogen-bond donors (Lipinski definition) is 2. The molecule has 1 aromatic heterocycles.